The third kappa shape index (κ3) is 6.06. The molecule has 0 aromatic heterocycles. The first kappa shape index (κ1) is 20.9. The van der Waals surface area contributed by atoms with Crippen LogP contribution < -0.4 is 21.1 Å². The lowest BCUT2D eigenvalue weighted by Crippen LogP contribution is -2.47. The van der Waals surface area contributed by atoms with Gasteiger partial charge in [-0.25, -0.2) is 9.82 Å². The number of anilines is 2. The van der Waals surface area contributed by atoms with Gasteiger partial charge in [0.2, 0.25) is 11.8 Å². The van der Waals surface area contributed by atoms with Gasteiger partial charge in [0.05, 0.1) is 5.69 Å². The van der Waals surface area contributed by atoms with Crippen LogP contribution in [0, 0.1) is 5.82 Å². The van der Waals surface area contributed by atoms with E-state index in [0.717, 1.165) is 24.8 Å². The van der Waals surface area contributed by atoms with Crippen molar-refractivity contribution in [1.29, 1.82) is 0 Å². The Morgan fingerprint density at radius 1 is 1.37 bits per heavy atom. The molecule has 1 aromatic rings. The van der Waals surface area contributed by atoms with Gasteiger partial charge in [-0.1, -0.05) is 26.0 Å². The molecule has 7 heteroatoms. The van der Waals surface area contributed by atoms with Gasteiger partial charge in [0.1, 0.15) is 11.9 Å². The minimum atomic E-state index is -0.530. The molecular weight excluding hydrogens is 347 g/mol. The van der Waals surface area contributed by atoms with E-state index >= 15 is 0 Å². The molecule has 2 amide bonds. The van der Waals surface area contributed by atoms with Crippen molar-refractivity contribution in [3.8, 4) is 0 Å². The molecule has 1 aliphatic rings. The average molecular weight is 376 g/mol. The van der Waals surface area contributed by atoms with Crippen LogP contribution in [0.4, 0.5) is 15.8 Å². The molecule has 6 nitrogen and oxygen atoms in total. The van der Waals surface area contributed by atoms with Crippen molar-refractivity contribution in [3.63, 3.8) is 0 Å². The van der Waals surface area contributed by atoms with Crippen LogP contribution in [-0.2, 0) is 9.59 Å². The molecule has 1 aromatic carbocycles. The van der Waals surface area contributed by atoms with Gasteiger partial charge in [0.25, 0.3) is 0 Å². The zero-order valence-electron chi connectivity index (χ0n) is 16.1. The molecule has 0 aliphatic carbocycles. The Labute approximate surface area is 160 Å². The van der Waals surface area contributed by atoms with Gasteiger partial charge in [-0.2, -0.15) is 0 Å². The van der Waals surface area contributed by atoms with Crippen molar-refractivity contribution in [2.24, 2.45) is 0 Å². The average Bonchev–Trinajstić information content (AvgIpc) is 2.63. The fourth-order valence-electron chi connectivity index (χ4n) is 2.90. The summed E-state index contributed by atoms with van der Waals surface area (Å²) in [6.45, 7) is 9.47. The molecule has 1 aliphatic heterocycles. The molecule has 0 spiro atoms. The lowest BCUT2D eigenvalue weighted by molar-refractivity contribution is -0.133. The van der Waals surface area contributed by atoms with E-state index in [1.807, 2.05) is 11.9 Å². The van der Waals surface area contributed by atoms with Crippen molar-refractivity contribution in [2.75, 3.05) is 23.4 Å². The summed E-state index contributed by atoms with van der Waals surface area (Å²) >= 11 is 0. The molecule has 148 valence electrons. The van der Waals surface area contributed by atoms with E-state index in [1.165, 1.54) is 6.07 Å². The van der Waals surface area contributed by atoms with Crippen LogP contribution in [0.1, 0.15) is 46.0 Å². The van der Waals surface area contributed by atoms with Crippen LogP contribution in [0.15, 0.2) is 30.4 Å². The van der Waals surface area contributed by atoms with Gasteiger partial charge in [0, 0.05) is 25.2 Å². The monoisotopic (exact) mass is 376 g/mol. The third-order valence-electron chi connectivity index (χ3n) is 4.55. The number of imide groups is 1. The minimum Gasteiger partial charge on any atom is -0.374 e. The third-order valence-corrected chi connectivity index (χ3v) is 4.55. The molecule has 1 atom stereocenters. The lowest BCUT2D eigenvalue weighted by Gasteiger charge is -2.27. The van der Waals surface area contributed by atoms with Crippen LogP contribution in [0.3, 0.4) is 0 Å². The summed E-state index contributed by atoms with van der Waals surface area (Å²) in [6, 6.07) is 4.30. The largest absolute Gasteiger partial charge is 0.374 e. The second-order valence-electron chi connectivity index (χ2n) is 6.73. The quantitative estimate of drug-likeness (QED) is 0.332. The van der Waals surface area contributed by atoms with Crippen LogP contribution in [0.2, 0.25) is 0 Å². The van der Waals surface area contributed by atoms with Crippen LogP contribution in [0.25, 0.3) is 0 Å². The summed E-state index contributed by atoms with van der Waals surface area (Å²) < 4.78 is 14.7. The number of nitrogens with one attached hydrogen (secondary N) is 3. The number of nitrogens with zero attached hydrogens (tertiary/aromatic N) is 1. The van der Waals surface area contributed by atoms with E-state index in [-0.39, 0.29) is 24.1 Å². The van der Waals surface area contributed by atoms with Gasteiger partial charge < -0.3 is 10.3 Å². The summed E-state index contributed by atoms with van der Waals surface area (Å²) in [5.74, 6) is -1.02. The second-order valence-corrected chi connectivity index (χ2v) is 6.73. The topological polar surface area (TPSA) is 73.5 Å². The van der Waals surface area contributed by atoms with E-state index in [2.05, 4.69) is 29.6 Å². The normalized spacial score (nSPS) is 16.8. The summed E-state index contributed by atoms with van der Waals surface area (Å²) in [5.41, 5.74) is 5.40. The Morgan fingerprint density at radius 3 is 2.78 bits per heavy atom. The molecule has 1 unspecified atom stereocenters. The van der Waals surface area contributed by atoms with Gasteiger partial charge in [-0.15, -0.1) is 0 Å². The van der Waals surface area contributed by atoms with E-state index in [0.29, 0.717) is 30.9 Å². The van der Waals surface area contributed by atoms with E-state index < -0.39 is 6.04 Å². The van der Waals surface area contributed by atoms with Crippen LogP contribution in [-0.4, -0.2) is 30.9 Å². The maximum absolute atomic E-state index is 14.7. The number of hydrogen-bond acceptors (Lipinski definition) is 5. The highest BCUT2D eigenvalue weighted by Gasteiger charge is 2.26. The summed E-state index contributed by atoms with van der Waals surface area (Å²) in [5, 5.41) is 7.10. The minimum absolute atomic E-state index is 0.272. The predicted molar refractivity (Wildman–Crippen MR) is 106 cm³/mol. The SMILES string of the molecule is C=C(CC)CCNN(CCC)c1ccc(NC2CCC(=O)NC2=O)cc1F. The Morgan fingerprint density at radius 2 is 2.15 bits per heavy atom. The fraction of sp³-hybridized carbons (Fsp3) is 0.500. The van der Waals surface area contributed by atoms with Crippen molar-refractivity contribution in [3.05, 3.63) is 36.2 Å². The summed E-state index contributed by atoms with van der Waals surface area (Å²) in [6.07, 6.45) is 3.33. The van der Waals surface area contributed by atoms with Crippen LogP contribution in [0.5, 0.6) is 0 Å². The van der Waals surface area contributed by atoms with Gasteiger partial charge in [0.15, 0.2) is 0 Å². The molecule has 0 saturated carbocycles. The van der Waals surface area contributed by atoms with Gasteiger partial charge in [-0.3, -0.25) is 14.9 Å². The summed E-state index contributed by atoms with van der Waals surface area (Å²) in [7, 11) is 0. The van der Waals surface area contributed by atoms with E-state index in [1.54, 1.807) is 12.1 Å². The zero-order valence-corrected chi connectivity index (χ0v) is 16.1. The van der Waals surface area contributed by atoms with Gasteiger partial charge in [-0.05, 0) is 43.9 Å². The highest BCUT2D eigenvalue weighted by atomic mass is 19.1. The summed E-state index contributed by atoms with van der Waals surface area (Å²) in [4.78, 5) is 23.1. The number of rotatable bonds is 10. The number of amides is 2. The lowest BCUT2D eigenvalue weighted by atomic mass is 10.1. The highest BCUT2D eigenvalue weighted by molar-refractivity contribution is 6.01. The maximum Gasteiger partial charge on any atom is 0.249 e. The van der Waals surface area contributed by atoms with E-state index in [9.17, 15) is 14.0 Å². The molecule has 2 rings (SSSR count). The zero-order chi connectivity index (χ0) is 19.8. The first-order chi connectivity index (χ1) is 12.9. The molecule has 27 heavy (non-hydrogen) atoms. The van der Waals surface area contributed by atoms with Gasteiger partial charge >= 0.3 is 0 Å². The molecule has 1 heterocycles. The number of hydrogen-bond donors (Lipinski definition) is 3. The molecule has 0 radical (unpaired) electrons. The molecular formula is C20H29FN4O2. The highest BCUT2D eigenvalue weighted by Crippen LogP contribution is 2.23. The van der Waals surface area contributed by atoms with Crippen molar-refractivity contribution in [1.82, 2.24) is 10.7 Å². The fourth-order valence-corrected chi connectivity index (χ4v) is 2.90. The Kier molecular flexibility index (Phi) is 7.79. The number of piperidine rings is 1. The number of halogens is 1. The number of carbonyl (C=O) groups excluding carboxylic acids is 2. The number of hydrazine groups is 1. The predicted octanol–water partition coefficient (Wildman–Crippen LogP) is 3.12. The standard InChI is InChI=1S/C20H29FN4O2/c1-4-12-25(22-11-10-14(3)5-2)18-8-6-15(13-16(18)21)23-17-7-9-19(26)24-20(17)27/h6,8,13,17,22-23H,3-5,7,9-12H2,1-2H3,(H,24,26,27). The first-order valence-electron chi connectivity index (χ1n) is 9.52. The molecule has 1 saturated heterocycles. The van der Waals surface area contributed by atoms with E-state index in [4.69, 9.17) is 0 Å². The second kappa shape index (κ2) is 10.1. The number of carbonyl (C=O) groups is 2. The Bertz CT molecular complexity index is 693. The Balaban J connectivity index is 2.03. The molecule has 3 N–H and O–H groups in total. The van der Waals surface area contributed by atoms with Crippen molar-refractivity contribution in [2.45, 2.75) is 52.0 Å². The van der Waals surface area contributed by atoms with Crippen LogP contribution >= 0.6 is 0 Å². The molecule has 0 bridgehead atoms. The Hall–Kier alpha value is -2.41. The number of benzene rings is 1. The van der Waals surface area contributed by atoms with Crippen molar-refractivity contribution >= 4 is 23.2 Å². The smallest absolute Gasteiger partial charge is 0.249 e. The molecule has 1 fully saturated rings. The first-order valence-corrected chi connectivity index (χ1v) is 9.52. The van der Waals surface area contributed by atoms with Crippen molar-refractivity contribution < 1.29 is 14.0 Å². The maximum atomic E-state index is 14.7.